The van der Waals surface area contributed by atoms with Crippen LogP contribution in [0.5, 0.6) is 5.75 Å². The van der Waals surface area contributed by atoms with Gasteiger partial charge in [-0.3, -0.25) is 14.5 Å². The molecule has 1 atom stereocenters. The van der Waals surface area contributed by atoms with Gasteiger partial charge in [0.15, 0.2) is 5.17 Å². The molecule has 6 nitrogen and oxygen atoms in total. The van der Waals surface area contributed by atoms with Gasteiger partial charge in [0.1, 0.15) is 11.4 Å². The van der Waals surface area contributed by atoms with Gasteiger partial charge >= 0.3 is 0 Å². The van der Waals surface area contributed by atoms with E-state index in [2.05, 4.69) is 30.2 Å². The maximum absolute atomic E-state index is 13.4. The van der Waals surface area contributed by atoms with Gasteiger partial charge in [-0.1, -0.05) is 43.8 Å². The van der Waals surface area contributed by atoms with Crippen LogP contribution in [0.15, 0.2) is 53.2 Å². The number of thioether (sulfide) groups is 1. The first-order valence-corrected chi connectivity index (χ1v) is 11.9. The maximum Gasteiger partial charge on any atom is 0.283 e. The number of benzene rings is 2. The molecule has 2 amide bonds. The normalized spacial score (nSPS) is 15.7. The van der Waals surface area contributed by atoms with Crippen molar-refractivity contribution in [2.75, 3.05) is 18.6 Å². The lowest BCUT2D eigenvalue weighted by Crippen LogP contribution is -2.37. The second-order valence-electron chi connectivity index (χ2n) is 8.58. The second kappa shape index (κ2) is 10.7. The van der Waals surface area contributed by atoms with Crippen LogP contribution < -0.4 is 15.0 Å². The Bertz CT molecular complexity index is 1070. The zero-order valence-electron chi connectivity index (χ0n) is 20.0. The van der Waals surface area contributed by atoms with E-state index in [1.54, 1.807) is 18.1 Å². The molecule has 0 aliphatic carbocycles. The highest BCUT2D eigenvalue weighted by molar-refractivity contribution is 8.15. The molecule has 1 N–H and O–H groups in total. The van der Waals surface area contributed by atoms with Crippen LogP contribution in [0.1, 0.15) is 37.5 Å². The number of carbonyl (C=O) groups is 2. The molecule has 2 aromatic rings. The van der Waals surface area contributed by atoms with Crippen LogP contribution in [-0.4, -0.2) is 35.9 Å². The largest absolute Gasteiger partial charge is 0.497 e. The molecular formula is C26H31N3O3S. The number of nitrogens with one attached hydrogen (secondary N) is 1. The summed E-state index contributed by atoms with van der Waals surface area (Å²) in [5.41, 5.74) is 4.03. The monoisotopic (exact) mass is 465 g/mol. The van der Waals surface area contributed by atoms with Crippen molar-refractivity contribution in [2.45, 2.75) is 39.9 Å². The lowest BCUT2D eigenvalue weighted by molar-refractivity contribution is -0.120. The first-order valence-electron chi connectivity index (χ1n) is 11.0. The van der Waals surface area contributed by atoms with Gasteiger partial charge in [-0.15, -0.1) is 0 Å². The molecule has 1 heterocycles. The Hall–Kier alpha value is -3.06. The third-order valence-electron chi connectivity index (χ3n) is 5.05. The summed E-state index contributed by atoms with van der Waals surface area (Å²) in [6, 6.07) is 13.4. The summed E-state index contributed by atoms with van der Waals surface area (Å²) in [5, 5.41) is 3.06. The predicted octanol–water partition coefficient (Wildman–Crippen LogP) is 4.95. The number of methoxy groups -OCH3 is 1. The number of anilines is 1. The van der Waals surface area contributed by atoms with Crippen molar-refractivity contribution in [2.24, 2.45) is 10.9 Å². The SMILES string of the molecule is COc1ccc(/C=C2\N=C(SC(C)C(=O)NCC(C)C)N(c3cc(C)cc(C)c3)C2=O)cc1. The molecule has 3 rings (SSSR count). The summed E-state index contributed by atoms with van der Waals surface area (Å²) in [6.45, 7) is 10.5. The van der Waals surface area contributed by atoms with E-state index in [9.17, 15) is 9.59 Å². The van der Waals surface area contributed by atoms with Crippen LogP contribution in [0.25, 0.3) is 6.08 Å². The third-order valence-corrected chi connectivity index (χ3v) is 6.10. The molecule has 0 saturated heterocycles. The lowest BCUT2D eigenvalue weighted by Gasteiger charge is -2.21. The number of hydrogen-bond donors (Lipinski definition) is 1. The fraction of sp³-hybridized carbons (Fsp3) is 0.346. The van der Waals surface area contributed by atoms with Gasteiger partial charge in [-0.2, -0.15) is 0 Å². The number of nitrogens with zero attached hydrogens (tertiary/aromatic N) is 2. The van der Waals surface area contributed by atoms with E-state index in [4.69, 9.17) is 4.74 Å². The summed E-state index contributed by atoms with van der Waals surface area (Å²) in [5.74, 6) is 0.819. The van der Waals surface area contributed by atoms with Crippen LogP contribution >= 0.6 is 11.8 Å². The smallest absolute Gasteiger partial charge is 0.283 e. The summed E-state index contributed by atoms with van der Waals surface area (Å²) >= 11 is 1.29. The van der Waals surface area contributed by atoms with Crippen molar-refractivity contribution in [3.8, 4) is 5.75 Å². The number of carbonyl (C=O) groups excluding carboxylic acids is 2. The van der Waals surface area contributed by atoms with Crippen molar-refractivity contribution in [3.63, 3.8) is 0 Å². The van der Waals surface area contributed by atoms with E-state index in [1.165, 1.54) is 11.8 Å². The van der Waals surface area contributed by atoms with Gasteiger partial charge < -0.3 is 10.1 Å². The van der Waals surface area contributed by atoms with Gasteiger partial charge in [0.25, 0.3) is 5.91 Å². The molecule has 0 bridgehead atoms. The molecule has 1 unspecified atom stereocenters. The molecule has 0 aromatic heterocycles. The van der Waals surface area contributed by atoms with Gasteiger partial charge in [0, 0.05) is 6.54 Å². The Morgan fingerprint density at radius 1 is 1.12 bits per heavy atom. The molecule has 33 heavy (non-hydrogen) atoms. The standard InChI is InChI=1S/C26H31N3O3S/c1-16(2)15-27-24(30)19(5)33-26-28-23(14-20-7-9-22(32-6)10-8-20)25(31)29(26)21-12-17(3)11-18(4)13-21/h7-14,16,19H,15H2,1-6H3,(H,27,30)/b23-14-. The number of amides is 2. The second-order valence-corrected chi connectivity index (χ2v) is 9.89. The first kappa shape index (κ1) is 24.6. The minimum absolute atomic E-state index is 0.0724. The highest BCUT2D eigenvalue weighted by atomic mass is 32.2. The number of aliphatic imine (C=N–C) groups is 1. The number of rotatable bonds is 7. The van der Waals surface area contributed by atoms with Gasteiger partial charge in [0.05, 0.1) is 18.0 Å². The molecule has 1 aliphatic heterocycles. The van der Waals surface area contributed by atoms with Crippen molar-refractivity contribution < 1.29 is 14.3 Å². The molecule has 2 aromatic carbocycles. The van der Waals surface area contributed by atoms with Crippen LogP contribution in [0.3, 0.4) is 0 Å². The van der Waals surface area contributed by atoms with Crippen LogP contribution in [-0.2, 0) is 9.59 Å². The van der Waals surface area contributed by atoms with Gasteiger partial charge in [0.2, 0.25) is 5.91 Å². The van der Waals surface area contributed by atoms with E-state index in [0.717, 1.165) is 28.1 Å². The molecular weight excluding hydrogens is 434 g/mol. The zero-order valence-corrected chi connectivity index (χ0v) is 20.8. The highest BCUT2D eigenvalue weighted by Gasteiger charge is 2.34. The average molecular weight is 466 g/mol. The Morgan fingerprint density at radius 3 is 2.33 bits per heavy atom. The molecule has 0 saturated carbocycles. The minimum atomic E-state index is -0.399. The Morgan fingerprint density at radius 2 is 1.76 bits per heavy atom. The van der Waals surface area contributed by atoms with Crippen molar-refractivity contribution in [1.29, 1.82) is 0 Å². The van der Waals surface area contributed by atoms with Crippen molar-refractivity contribution in [1.82, 2.24) is 5.32 Å². The van der Waals surface area contributed by atoms with Crippen molar-refractivity contribution in [3.05, 3.63) is 64.9 Å². The van der Waals surface area contributed by atoms with E-state index < -0.39 is 5.25 Å². The Kier molecular flexibility index (Phi) is 7.97. The molecule has 174 valence electrons. The number of hydrogen-bond acceptors (Lipinski definition) is 5. The Balaban J connectivity index is 1.94. The lowest BCUT2D eigenvalue weighted by atomic mass is 10.1. The topological polar surface area (TPSA) is 71.0 Å². The van der Waals surface area contributed by atoms with Gasteiger partial charge in [-0.05, 0) is 73.7 Å². The summed E-state index contributed by atoms with van der Waals surface area (Å²) in [6.07, 6.45) is 1.76. The number of ether oxygens (including phenoxy) is 1. The van der Waals surface area contributed by atoms with E-state index in [-0.39, 0.29) is 11.8 Å². The fourth-order valence-electron chi connectivity index (χ4n) is 3.40. The van der Waals surface area contributed by atoms with Crippen LogP contribution in [0, 0.1) is 19.8 Å². The first-order chi connectivity index (χ1) is 15.7. The zero-order chi connectivity index (χ0) is 24.1. The summed E-state index contributed by atoms with van der Waals surface area (Å²) in [7, 11) is 1.61. The fourth-order valence-corrected chi connectivity index (χ4v) is 4.35. The highest BCUT2D eigenvalue weighted by Crippen LogP contribution is 2.32. The molecule has 1 aliphatic rings. The maximum atomic E-state index is 13.4. The third kappa shape index (κ3) is 6.26. The summed E-state index contributed by atoms with van der Waals surface area (Å²) < 4.78 is 5.21. The number of aryl methyl sites for hydroxylation is 2. The number of amidine groups is 1. The average Bonchev–Trinajstić information content (AvgIpc) is 3.06. The summed E-state index contributed by atoms with van der Waals surface area (Å²) in [4.78, 5) is 32.3. The molecule has 0 spiro atoms. The quantitative estimate of drug-likeness (QED) is 0.588. The minimum Gasteiger partial charge on any atom is -0.497 e. The Labute approximate surface area is 200 Å². The van der Waals surface area contributed by atoms with Crippen molar-refractivity contribution >= 4 is 40.5 Å². The van der Waals surface area contributed by atoms with E-state index in [0.29, 0.717) is 23.3 Å². The van der Waals surface area contributed by atoms with Crippen LogP contribution in [0.4, 0.5) is 5.69 Å². The molecule has 0 fully saturated rings. The van der Waals surface area contributed by atoms with Gasteiger partial charge in [-0.25, -0.2) is 4.99 Å². The predicted molar refractivity (Wildman–Crippen MR) is 137 cm³/mol. The van der Waals surface area contributed by atoms with E-state index >= 15 is 0 Å². The van der Waals surface area contributed by atoms with E-state index in [1.807, 2.05) is 57.2 Å². The van der Waals surface area contributed by atoms with Crippen LogP contribution in [0.2, 0.25) is 0 Å². The molecule has 0 radical (unpaired) electrons. The molecule has 7 heteroatoms.